The highest BCUT2D eigenvalue weighted by molar-refractivity contribution is 6.36. The van der Waals surface area contributed by atoms with E-state index in [0.717, 1.165) is 12.8 Å². The zero-order valence-electron chi connectivity index (χ0n) is 11.3. The summed E-state index contributed by atoms with van der Waals surface area (Å²) in [5.41, 5.74) is -0.201. The Hall–Kier alpha value is -0.970. The van der Waals surface area contributed by atoms with Gasteiger partial charge in [-0.05, 0) is 38.8 Å². The van der Waals surface area contributed by atoms with Gasteiger partial charge in [-0.25, -0.2) is 4.79 Å². The number of carboxylic acid groups (broad SMARTS) is 1. The van der Waals surface area contributed by atoms with E-state index in [1.165, 1.54) is 12.1 Å². The van der Waals surface area contributed by atoms with E-state index in [1.54, 1.807) is 0 Å². The fourth-order valence-electron chi connectivity index (χ4n) is 2.24. The molecule has 0 spiro atoms. The van der Waals surface area contributed by atoms with Crippen LogP contribution in [0.1, 0.15) is 37.0 Å². The highest BCUT2D eigenvalue weighted by Gasteiger charge is 2.32. The van der Waals surface area contributed by atoms with Crippen LogP contribution < -0.4 is 4.74 Å². The smallest absolute Gasteiger partial charge is 0.339 e. The predicted molar refractivity (Wildman–Crippen MR) is 77.1 cm³/mol. The molecule has 1 heterocycles. The van der Waals surface area contributed by atoms with Crippen LogP contribution in [0, 0.1) is 0 Å². The molecule has 1 aliphatic rings. The molecule has 0 aromatic heterocycles. The average molecular weight is 319 g/mol. The molecule has 0 aliphatic carbocycles. The van der Waals surface area contributed by atoms with Crippen molar-refractivity contribution in [1.82, 2.24) is 0 Å². The second-order valence-corrected chi connectivity index (χ2v) is 6.26. The lowest BCUT2D eigenvalue weighted by Crippen LogP contribution is -2.24. The Morgan fingerprint density at radius 1 is 1.50 bits per heavy atom. The first-order valence-electron chi connectivity index (χ1n) is 6.31. The lowest BCUT2D eigenvalue weighted by molar-refractivity contribution is -0.0327. The van der Waals surface area contributed by atoms with Crippen LogP contribution in [0.3, 0.4) is 0 Å². The fourth-order valence-corrected chi connectivity index (χ4v) is 2.79. The van der Waals surface area contributed by atoms with Crippen molar-refractivity contribution in [2.24, 2.45) is 0 Å². The van der Waals surface area contributed by atoms with Crippen LogP contribution in [0.5, 0.6) is 5.75 Å². The topological polar surface area (TPSA) is 55.8 Å². The number of hydrogen-bond acceptors (Lipinski definition) is 3. The van der Waals surface area contributed by atoms with Gasteiger partial charge in [-0.1, -0.05) is 23.2 Å². The predicted octanol–water partition coefficient (Wildman–Crippen LogP) is 4.03. The van der Waals surface area contributed by atoms with Crippen LogP contribution >= 0.6 is 23.2 Å². The third-order valence-corrected chi connectivity index (χ3v) is 3.71. The first-order valence-corrected chi connectivity index (χ1v) is 7.07. The monoisotopic (exact) mass is 318 g/mol. The average Bonchev–Trinajstić information content (AvgIpc) is 2.66. The minimum Gasteiger partial charge on any atom is -0.488 e. The first-order chi connectivity index (χ1) is 9.28. The van der Waals surface area contributed by atoms with Gasteiger partial charge in [-0.3, -0.25) is 0 Å². The molecule has 6 heteroatoms. The van der Waals surface area contributed by atoms with E-state index in [4.69, 9.17) is 37.8 Å². The molecule has 1 saturated heterocycles. The fraction of sp³-hybridized carbons (Fsp3) is 0.500. The number of rotatable bonds is 4. The quantitative estimate of drug-likeness (QED) is 0.910. The number of ether oxygens (including phenoxy) is 2. The van der Waals surface area contributed by atoms with Crippen molar-refractivity contribution in [2.75, 3.05) is 6.61 Å². The normalized spacial score (nSPS) is 20.9. The molecular weight excluding hydrogens is 303 g/mol. The lowest BCUT2D eigenvalue weighted by atomic mass is 10.1. The number of hydrogen-bond donors (Lipinski definition) is 1. The van der Waals surface area contributed by atoms with Crippen LogP contribution in [-0.4, -0.2) is 29.4 Å². The van der Waals surface area contributed by atoms with Gasteiger partial charge in [0.25, 0.3) is 0 Å². The van der Waals surface area contributed by atoms with Gasteiger partial charge in [0.1, 0.15) is 12.2 Å². The Morgan fingerprint density at radius 3 is 2.75 bits per heavy atom. The second-order valence-electron chi connectivity index (χ2n) is 5.42. The summed E-state index contributed by atoms with van der Waals surface area (Å²) >= 11 is 11.8. The molecule has 110 valence electrons. The maximum Gasteiger partial charge on any atom is 0.339 e. The molecular formula is C14H16Cl2O4. The van der Waals surface area contributed by atoms with E-state index in [0.29, 0.717) is 0 Å². The number of aromatic carboxylic acids is 1. The van der Waals surface area contributed by atoms with E-state index in [-0.39, 0.29) is 39.7 Å². The van der Waals surface area contributed by atoms with Gasteiger partial charge in [0.2, 0.25) is 0 Å². The van der Waals surface area contributed by atoms with Gasteiger partial charge >= 0.3 is 5.97 Å². The molecule has 0 bridgehead atoms. The number of carbonyl (C=O) groups is 1. The van der Waals surface area contributed by atoms with E-state index in [1.807, 2.05) is 13.8 Å². The Bertz CT molecular complexity index is 528. The van der Waals surface area contributed by atoms with Crippen molar-refractivity contribution in [3.8, 4) is 5.75 Å². The largest absolute Gasteiger partial charge is 0.488 e. The van der Waals surface area contributed by atoms with E-state index < -0.39 is 5.97 Å². The van der Waals surface area contributed by atoms with Gasteiger partial charge in [-0.2, -0.15) is 0 Å². The maximum atomic E-state index is 11.2. The lowest BCUT2D eigenvalue weighted by Gasteiger charge is -2.20. The van der Waals surface area contributed by atoms with Crippen molar-refractivity contribution in [2.45, 2.75) is 38.4 Å². The molecule has 0 radical (unpaired) electrons. The summed E-state index contributed by atoms with van der Waals surface area (Å²) in [5.74, 6) is -0.992. The molecule has 1 aliphatic heterocycles. The van der Waals surface area contributed by atoms with Crippen molar-refractivity contribution in [3.05, 3.63) is 27.7 Å². The van der Waals surface area contributed by atoms with Crippen LogP contribution in [0.4, 0.5) is 0 Å². The molecule has 1 aromatic rings. The molecule has 1 fully saturated rings. The molecule has 1 N–H and O–H groups in total. The van der Waals surface area contributed by atoms with Gasteiger partial charge in [0.15, 0.2) is 5.75 Å². The van der Waals surface area contributed by atoms with Gasteiger partial charge < -0.3 is 14.6 Å². The summed E-state index contributed by atoms with van der Waals surface area (Å²) in [6.07, 6.45) is 1.76. The van der Waals surface area contributed by atoms with Gasteiger partial charge in [-0.15, -0.1) is 0 Å². The minimum absolute atomic E-state index is 0.0419. The van der Waals surface area contributed by atoms with Crippen molar-refractivity contribution in [1.29, 1.82) is 0 Å². The molecule has 1 aromatic carbocycles. The van der Waals surface area contributed by atoms with Gasteiger partial charge in [0, 0.05) is 5.02 Å². The van der Waals surface area contributed by atoms with Crippen molar-refractivity contribution in [3.63, 3.8) is 0 Å². The van der Waals surface area contributed by atoms with Crippen LogP contribution in [0.2, 0.25) is 10.0 Å². The number of benzene rings is 1. The SMILES string of the molecule is CC1(C)CCC(COc2c(Cl)cc(Cl)cc2C(=O)O)O1. The summed E-state index contributed by atoms with van der Waals surface area (Å²) in [4.78, 5) is 11.2. The number of carboxylic acids is 1. The zero-order valence-corrected chi connectivity index (χ0v) is 12.8. The summed E-state index contributed by atoms with van der Waals surface area (Å²) in [7, 11) is 0. The molecule has 0 saturated carbocycles. The third kappa shape index (κ3) is 3.57. The Labute approximate surface area is 127 Å². The molecule has 2 rings (SSSR count). The van der Waals surface area contributed by atoms with E-state index in [9.17, 15) is 4.79 Å². The first kappa shape index (κ1) is 15.4. The molecule has 0 amide bonds. The van der Waals surface area contributed by atoms with Crippen molar-refractivity contribution >= 4 is 29.2 Å². The molecule has 4 nitrogen and oxygen atoms in total. The Balaban J connectivity index is 2.12. The van der Waals surface area contributed by atoms with E-state index in [2.05, 4.69) is 0 Å². The summed E-state index contributed by atoms with van der Waals surface area (Å²) in [5, 5.41) is 9.61. The summed E-state index contributed by atoms with van der Waals surface area (Å²) in [6, 6.07) is 2.79. The highest BCUT2D eigenvalue weighted by atomic mass is 35.5. The number of halogens is 2. The summed E-state index contributed by atoms with van der Waals surface area (Å²) in [6.45, 7) is 4.31. The Kier molecular flexibility index (Phi) is 4.47. The molecule has 1 atom stereocenters. The van der Waals surface area contributed by atoms with E-state index >= 15 is 0 Å². The molecule has 1 unspecified atom stereocenters. The second kappa shape index (κ2) is 5.80. The third-order valence-electron chi connectivity index (χ3n) is 3.21. The standard InChI is InChI=1S/C14H16Cl2O4/c1-14(2)4-3-9(20-14)7-19-12-10(13(17)18)5-8(15)6-11(12)16/h5-6,9H,3-4,7H2,1-2H3,(H,17,18). The summed E-state index contributed by atoms with van der Waals surface area (Å²) < 4.78 is 11.4. The maximum absolute atomic E-state index is 11.2. The van der Waals surface area contributed by atoms with Gasteiger partial charge in [0.05, 0.1) is 16.7 Å². The molecule has 20 heavy (non-hydrogen) atoms. The minimum atomic E-state index is -1.13. The highest BCUT2D eigenvalue weighted by Crippen LogP contribution is 2.34. The van der Waals surface area contributed by atoms with Crippen molar-refractivity contribution < 1.29 is 19.4 Å². The van der Waals surface area contributed by atoms with Crippen LogP contribution in [-0.2, 0) is 4.74 Å². The van der Waals surface area contributed by atoms with Crippen LogP contribution in [0.25, 0.3) is 0 Å². The van der Waals surface area contributed by atoms with Crippen LogP contribution in [0.15, 0.2) is 12.1 Å². The Morgan fingerprint density at radius 2 is 2.20 bits per heavy atom. The zero-order chi connectivity index (χ0) is 14.9.